The van der Waals surface area contributed by atoms with E-state index in [2.05, 4.69) is 33.0 Å². The number of rotatable bonds is 8. The number of fused-ring (bicyclic) bond motifs is 5. The molecule has 0 bridgehead atoms. The average molecular weight is 557 g/mol. The van der Waals surface area contributed by atoms with E-state index in [0.29, 0.717) is 12.8 Å². The van der Waals surface area contributed by atoms with E-state index in [1.54, 1.807) is 0 Å². The van der Waals surface area contributed by atoms with Crippen LogP contribution < -0.4 is 5.32 Å². The lowest BCUT2D eigenvalue weighted by molar-refractivity contribution is -0.228. The van der Waals surface area contributed by atoms with Gasteiger partial charge in [-0.25, -0.2) is 8.42 Å². The number of carbonyl (C=O) groups excluding carboxylic acids is 1. The molecule has 4 saturated carbocycles. The van der Waals surface area contributed by atoms with Crippen LogP contribution in [0.2, 0.25) is 0 Å². The molecule has 4 rings (SSSR count). The van der Waals surface area contributed by atoms with Crippen LogP contribution in [0.15, 0.2) is 0 Å². The third-order valence-electron chi connectivity index (χ3n) is 11.9. The number of carbonyl (C=O) groups is 1. The summed E-state index contributed by atoms with van der Waals surface area (Å²) in [7, 11) is -4.40. The van der Waals surface area contributed by atoms with Gasteiger partial charge in [0.2, 0.25) is 5.91 Å². The molecule has 220 valence electrons. The lowest BCUT2D eigenvalue weighted by Crippen LogP contribution is -2.65. The number of nitrogens with one attached hydrogen (secondary N) is 1. The molecule has 1 amide bonds. The van der Waals surface area contributed by atoms with E-state index >= 15 is 0 Å². The first kappa shape index (κ1) is 30.2. The van der Waals surface area contributed by atoms with Crippen molar-refractivity contribution in [2.75, 3.05) is 5.75 Å². The van der Waals surface area contributed by atoms with Crippen molar-refractivity contribution in [1.82, 2.24) is 5.32 Å². The molecule has 0 aromatic carbocycles. The van der Waals surface area contributed by atoms with Crippen LogP contribution in [0.4, 0.5) is 0 Å². The van der Waals surface area contributed by atoms with E-state index in [1.807, 2.05) is 0 Å². The Morgan fingerprint density at radius 2 is 1.74 bits per heavy atom. The molecule has 13 atom stereocenters. The molecule has 4 aliphatic rings. The molecule has 0 heterocycles. The van der Waals surface area contributed by atoms with Gasteiger partial charge in [-0.2, -0.15) is 0 Å². The molecular weight excluding hydrogens is 506 g/mol. The monoisotopic (exact) mass is 556 g/mol. The van der Waals surface area contributed by atoms with Gasteiger partial charge >= 0.3 is 0 Å². The minimum absolute atomic E-state index is 0.0160. The first-order valence-corrected chi connectivity index (χ1v) is 16.5. The molecule has 0 saturated heterocycles. The Kier molecular flexibility index (Phi) is 8.68. The summed E-state index contributed by atoms with van der Waals surface area (Å²) in [5.41, 5.74) is -0.320. The lowest BCUT2D eigenvalue weighted by Gasteiger charge is -2.65. The highest BCUT2D eigenvalue weighted by molar-refractivity contribution is 7.85. The SMILES string of the molecule is CC[C@H]1[C@@H](O)[C@@H]2[C@H](C[C@H](O)[C@]3(C)[C@@H]([C@H](C)CCC(=O)N[C@H](C)CS(=O)(=O)[O-])CC[C@@H]23)[C@@]2(C)CC[C@@H](O)C[C@@H]12. The van der Waals surface area contributed by atoms with Gasteiger partial charge in [0.15, 0.2) is 0 Å². The van der Waals surface area contributed by atoms with Gasteiger partial charge in [-0.3, -0.25) is 4.79 Å². The first-order chi connectivity index (χ1) is 17.6. The summed E-state index contributed by atoms with van der Waals surface area (Å²) in [5, 5.41) is 36.7. The summed E-state index contributed by atoms with van der Waals surface area (Å²) in [5.74, 6) is 0.555. The summed E-state index contributed by atoms with van der Waals surface area (Å²) in [4.78, 5) is 12.5. The second-order valence-corrected chi connectivity index (χ2v) is 15.4. The summed E-state index contributed by atoms with van der Waals surface area (Å²) < 4.78 is 32.9. The predicted molar refractivity (Wildman–Crippen MR) is 144 cm³/mol. The summed E-state index contributed by atoms with van der Waals surface area (Å²) in [6.07, 6.45) is 5.63. The van der Waals surface area contributed by atoms with Crippen LogP contribution in [0.1, 0.15) is 92.4 Å². The van der Waals surface area contributed by atoms with E-state index in [0.717, 1.165) is 38.5 Å². The van der Waals surface area contributed by atoms with Gasteiger partial charge in [-0.15, -0.1) is 0 Å². The minimum atomic E-state index is -4.40. The van der Waals surface area contributed by atoms with Crippen LogP contribution in [0.3, 0.4) is 0 Å². The van der Waals surface area contributed by atoms with Crippen LogP contribution in [-0.2, 0) is 14.9 Å². The highest BCUT2D eigenvalue weighted by Crippen LogP contribution is 2.69. The molecule has 0 radical (unpaired) electrons. The quantitative estimate of drug-likeness (QED) is 0.336. The van der Waals surface area contributed by atoms with E-state index in [1.165, 1.54) is 6.92 Å². The molecule has 4 N–H and O–H groups in total. The van der Waals surface area contributed by atoms with Gasteiger partial charge < -0.3 is 25.2 Å². The standard InChI is InChI=1S/C29H51NO7S/c1-6-19-22-13-18(31)11-12-28(22,4)23-14-24(32)29(5)20(8-9-21(29)26(23)27(19)34)16(2)7-10-25(33)30-17(3)15-38(35,36)37/h16-24,26-27,31-32,34H,6-15H2,1-5H3,(H,30,33)(H,35,36,37)/p-1/t16-,17-,18-,19-,20-,21+,22+,23+,24+,26+,27-,28+,29-/m1/s1. The zero-order chi connectivity index (χ0) is 28.2. The molecule has 0 aromatic heterocycles. The predicted octanol–water partition coefficient (Wildman–Crippen LogP) is 3.05. The maximum Gasteiger partial charge on any atom is 0.220 e. The molecule has 9 heteroatoms. The van der Waals surface area contributed by atoms with Gasteiger partial charge in [0.1, 0.15) is 0 Å². The molecule has 8 nitrogen and oxygen atoms in total. The summed E-state index contributed by atoms with van der Waals surface area (Å²) in [6.45, 7) is 10.4. The van der Waals surface area contributed by atoms with Crippen LogP contribution in [-0.4, -0.2) is 64.3 Å². The maximum atomic E-state index is 12.5. The Labute approximate surface area is 229 Å². The van der Waals surface area contributed by atoms with Crippen molar-refractivity contribution in [3.05, 3.63) is 0 Å². The van der Waals surface area contributed by atoms with Crippen molar-refractivity contribution in [2.45, 2.75) is 117 Å². The van der Waals surface area contributed by atoms with Gasteiger partial charge in [0, 0.05) is 12.5 Å². The zero-order valence-electron chi connectivity index (χ0n) is 23.8. The van der Waals surface area contributed by atoms with Crippen molar-refractivity contribution < 1.29 is 33.1 Å². The fourth-order valence-corrected chi connectivity index (χ4v) is 10.8. The fraction of sp³-hybridized carbons (Fsp3) is 0.966. The highest BCUT2D eigenvalue weighted by atomic mass is 32.2. The normalized spacial score (nSPS) is 46.4. The van der Waals surface area contributed by atoms with Crippen molar-refractivity contribution >= 4 is 16.0 Å². The topological polar surface area (TPSA) is 147 Å². The zero-order valence-corrected chi connectivity index (χ0v) is 24.6. The third-order valence-corrected chi connectivity index (χ3v) is 12.9. The summed E-state index contributed by atoms with van der Waals surface area (Å²) in [6, 6.07) is -0.726. The van der Waals surface area contributed by atoms with Gasteiger partial charge in [0.25, 0.3) is 0 Å². The van der Waals surface area contributed by atoms with E-state index < -0.39 is 34.1 Å². The number of hydrogen-bond acceptors (Lipinski definition) is 7. The summed E-state index contributed by atoms with van der Waals surface area (Å²) >= 11 is 0. The van der Waals surface area contributed by atoms with E-state index in [9.17, 15) is 33.1 Å². The Balaban J connectivity index is 1.49. The molecule has 0 unspecified atom stereocenters. The van der Waals surface area contributed by atoms with Gasteiger partial charge in [-0.05, 0) is 104 Å². The third kappa shape index (κ3) is 5.31. The number of amides is 1. The van der Waals surface area contributed by atoms with E-state index in [4.69, 9.17) is 0 Å². The fourth-order valence-electron chi connectivity index (χ4n) is 10.1. The highest BCUT2D eigenvalue weighted by Gasteiger charge is 2.67. The number of hydrogen-bond donors (Lipinski definition) is 4. The largest absolute Gasteiger partial charge is 0.748 e. The van der Waals surface area contributed by atoms with Crippen LogP contribution in [0.25, 0.3) is 0 Å². The van der Waals surface area contributed by atoms with Gasteiger partial charge in [0.05, 0.1) is 34.2 Å². The second-order valence-electron chi connectivity index (χ2n) is 13.9. The molecule has 0 spiro atoms. The molecule has 0 aromatic rings. The van der Waals surface area contributed by atoms with Crippen molar-refractivity contribution in [3.63, 3.8) is 0 Å². The first-order valence-electron chi connectivity index (χ1n) is 14.9. The average Bonchev–Trinajstić information content (AvgIpc) is 3.17. The Morgan fingerprint density at radius 3 is 2.37 bits per heavy atom. The maximum absolute atomic E-state index is 12.5. The van der Waals surface area contributed by atoms with Gasteiger partial charge in [-0.1, -0.05) is 34.1 Å². The molecule has 4 fully saturated rings. The van der Waals surface area contributed by atoms with Crippen LogP contribution in [0, 0.1) is 52.3 Å². The molecule has 38 heavy (non-hydrogen) atoms. The Morgan fingerprint density at radius 1 is 1.05 bits per heavy atom. The molecule has 4 aliphatic carbocycles. The number of aliphatic hydroxyl groups excluding tert-OH is 3. The van der Waals surface area contributed by atoms with Crippen molar-refractivity contribution in [1.29, 1.82) is 0 Å². The van der Waals surface area contributed by atoms with Crippen LogP contribution >= 0.6 is 0 Å². The molecule has 0 aliphatic heterocycles. The Hall–Kier alpha value is -0.740. The van der Waals surface area contributed by atoms with E-state index in [-0.39, 0.29) is 70.7 Å². The Bertz CT molecular complexity index is 974. The second kappa shape index (κ2) is 10.9. The lowest BCUT2D eigenvalue weighted by atomic mass is 9.41. The number of aliphatic hydroxyl groups is 3. The van der Waals surface area contributed by atoms with Crippen molar-refractivity contribution in [3.8, 4) is 0 Å². The minimum Gasteiger partial charge on any atom is -0.748 e. The smallest absolute Gasteiger partial charge is 0.220 e. The van der Waals surface area contributed by atoms with Crippen LogP contribution in [0.5, 0.6) is 0 Å². The molecular formula is C29H50NO7S-. The van der Waals surface area contributed by atoms with Crippen molar-refractivity contribution in [2.24, 2.45) is 52.3 Å².